The molecule has 96 valence electrons. The lowest BCUT2D eigenvalue weighted by molar-refractivity contribution is 0.584. The molecule has 17 heavy (non-hydrogen) atoms. The van der Waals surface area contributed by atoms with Crippen molar-refractivity contribution in [2.45, 2.75) is 50.3 Å². The Morgan fingerprint density at radius 2 is 2.29 bits per heavy atom. The maximum atomic E-state index is 3.69. The van der Waals surface area contributed by atoms with E-state index in [9.17, 15) is 0 Å². The van der Waals surface area contributed by atoms with Crippen molar-refractivity contribution in [3.63, 3.8) is 0 Å². The monoisotopic (exact) mass is 269 g/mol. The third-order valence-corrected chi connectivity index (χ3v) is 5.78. The van der Waals surface area contributed by atoms with E-state index in [0.717, 1.165) is 11.8 Å². The molecule has 0 aliphatic heterocycles. The predicted molar refractivity (Wildman–Crippen MR) is 80.1 cm³/mol. The van der Waals surface area contributed by atoms with E-state index in [0.29, 0.717) is 6.04 Å². The Morgan fingerprint density at radius 3 is 2.94 bits per heavy atom. The van der Waals surface area contributed by atoms with Crippen molar-refractivity contribution in [3.05, 3.63) is 22.4 Å². The summed E-state index contributed by atoms with van der Waals surface area (Å²) in [6.07, 6.45) is 6.99. The zero-order valence-electron chi connectivity index (χ0n) is 10.7. The van der Waals surface area contributed by atoms with E-state index >= 15 is 0 Å². The van der Waals surface area contributed by atoms with E-state index in [1.807, 2.05) is 11.3 Å². The van der Waals surface area contributed by atoms with Crippen molar-refractivity contribution >= 4 is 23.1 Å². The van der Waals surface area contributed by atoms with E-state index in [4.69, 9.17) is 0 Å². The minimum absolute atomic E-state index is 0.570. The summed E-state index contributed by atoms with van der Waals surface area (Å²) in [5.41, 5.74) is 0. The molecule has 0 saturated heterocycles. The molecule has 1 aromatic heterocycles. The molecule has 1 heterocycles. The van der Waals surface area contributed by atoms with Gasteiger partial charge in [-0.25, -0.2) is 0 Å². The van der Waals surface area contributed by atoms with Crippen molar-refractivity contribution in [2.24, 2.45) is 0 Å². The van der Waals surface area contributed by atoms with Crippen molar-refractivity contribution in [3.8, 4) is 0 Å². The minimum Gasteiger partial charge on any atom is -0.309 e. The molecule has 0 radical (unpaired) electrons. The van der Waals surface area contributed by atoms with Gasteiger partial charge in [0.2, 0.25) is 0 Å². The highest BCUT2D eigenvalue weighted by molar-refractivity contribution is 7.99. The molecule has 1 unspecified atom stereocenters. The molecule has 1 atom stereocenters. The van der Waals surface area contributed by atoms with Crippen LogP contribution in [0.15, 0.2) is 17.5 Å². The summed E-state index contributed by atoms with van der Waals surface area (Å²) in [6, 6.07) is 5.01. The van der Waals surface area contributed by atoms with Crippen molar-refractivity contribution in [1.82, 2.24) is 5.32 Å². The Hall–Kier alpha value is 0.01000. The molecule has 1 aliphatic rings. The van der Waals surface area contributed by atoms with Crippen LogP contribution in [0.25, 0.3) is 0 Å². The Labute approximate surface area is 113 Å². The van der Waals surface area contributed by atoms with Crippen LogP contribution in [-0.4, -0.2) is 17.5 Å². The van der Waals surface area contributed by atoms with Crippen LogP contribution in [0.5, 0.6) is 0 Å². The van der Waals surface area contributed by atoms with Gasteiger partial charge in [-0.1, -0.05) is 25.8 Å². The van der Waals surface area contributed by atoms with E-state index in [1.165, 1.54) is 42.7 Å². The summed E-state index contributed by atoms with van der Waals surface area (Å²) in [5.74, 6) is 1.24. The lowest BCUT2D eigenvalue weighted by Crippen LogP contribution is -2.24. The number of nitrogens with one attached hydrogen (secondary N) is 1. The first-order valence-electron chi connectivity index (χ1n) is 6.78. The fraction of sp³-hybridized carbons (Fsp3) is 0.714. The van der Waals surface area contributed by atoms with Crippen LogP contribution in [0, 0.1) is 0 Å². The van der Waals surface area contributed by atoms with Crippen molar-refractivity contribution in [2.75, 3.05) is 12.3 Å². The SMILES string of the molecule is CCCNC(CSC1CCCC1)c1cccs1. The van der Waals surface area contributed by atoms with E-state index < -0.39 is 0 Å². The number of thiophene rings is 1. The maximum absolute atomic E-state index is 3.69. The number of hydrogen-bond acceptors (Lipinski definition) is 3. The first-order chi connectivity index (χ1) is 8.40. The normalized spacial score (nSPS) is 18.6. The molecule has 1 N–H and O–H groups in total. The molecular weight excluding hydrogens is 246 g/mol. The highest BCUT2D eigenvalue weighted by atomic mass is 32.2. The predicted octanol–water partition coefficient (Wildman–Crippen LogP) is 4.46. The van der Waals surface area contributed by atoms with Gasteiger partial charge in [0.1, 0.15) is 0 Å². The summed E-state index contributed by atoms with van der Waals surface area (Å²) in [6.45, 7) is 3.37. The number of hydrogen-bond donors (Lipinski definition) is 1. The molecule has 1 nitrogen and oxygen atoms in total. The molecule has 1 aromatic rings. The fourth-order valence-corrected chi connectivity index (χ4v) is 4.67. The van der Waals surface area contributed by atoms with Gasteiger partial charge in [-0.3, -0.25) is 0 Å². The smallest absolute Gasteiger partial charge is 0.0506 e. The van der Waals surface area contributed by atoms with Gasteiger partial charge in [0, 0.05) is 15.9 Å². The third kappa shape index (κ3) is 4.31. The zero-order valence-corrected chi connectivity index (χ0v) is 12.3. The van der Waals surface area contributed by atoms with E-state index in [2.05, 4.69) is 41.5 Å². The molecule has 1 aliphatic carbocycles. The van der Waals surface area contributed by atoms with Crippen LogP contribution in [0.4, 0.5) is 0 Å². The summed E-state index contributed by atoms with van der Waals surface area (Å²) in [5, 5.41) is 6.81. The van der Waals surface area contributed by atoms with E-state index in [1.54, 1.807) is 0 Å². The highest BCUT2D eigenvalue weighted by Crippen LogP contribution is 2.32. The maximum Gasteiger partial charge on any atom is 0.0506 e. The third-order valence-electron chi connectivity index (χ3n) is 3.33. The van der Waals surface area contributed by atoms with Gasteiger partial charge in [0.15, 0.2) is 0 Å². The fourth-order valence-electron chi connectivity index (χ4n) is 2.34. The lowest BCUT2D eigenvalue weighted by Gasteiger charge is -2.19. The summed E-state index contributed by atoms with van der Waals surface area (Å²) < 4.78 is 0. The Bertz CT molecular complexity index is 291. The lowest BCUT2D eigenvalue weighted by atomic mass is 10.2. The van der Waals surface area contributed by atoms with Crippen LogP contribution in [-0.2, 0) is 0 Å². The Morgan fingerprint density at radius 1 is 1.47 bits per heavy atom. The first-order valence-corrected chi connectivity index (χ1v) is 8.71. The Balaban J connectivity index is 1.82. The zero-order chi connectivity index (χ0) is 11.9. The molecule has 3 heteroatoms. The first kappa shape index (κ1) is 13.4. The van der Waals surface area contributed by atoms with Gasteiger partial charge in [0.25, 0.3) is 0 Å². The minimum atomic E-state index is 0.570. The average Bonchev–Trinajstić information content (AvgIpc) is 3.01. The second-order valence-electron chi connectivity index (χ2n) is 4.76. The van der Waals surface area contributed by atoms with Crippen molar-refractivity contribution in [1.29, 1.82) is 0 Å². The molecule has 0 bridgehead atoms. The molecule has 0 aromatic carbocycles. The largest absolute Gasteiger partial charge is 0.309 e. The molecule has 1 saturated carbocycles. The quantitative estimate of drug-likeness (QED) is 0.784. The second kappa shape index (κ2) is 7.45. The van der Waals surface area contributed by atoms with Gasteiger partial charge in [0.05, 0.1) is 6.04 Å². The number of thioether (sulfide) groups is 1. The van der Waals surface area contributed by atoms with E-state index in [-0.39, 0.29) is 0 Å². The van der Waals surface area contributed by atoms with Gasteiger partial charge in [-0.05, 0) is 37.3 Å². The summed E-state index contributed by atoms with van der Waals surface area (Å²) in [4.78, 5) is 1.50. The van der Waals surface area contributed by atoms with Crippen LogP contribution in [0.3, 0.4) is 0 Å². The molecule has 2 rings (SSSR count). The standard InChI is InChI=1S/C14H23NS2/c1-2-9-15-13(14-8-5-10-16-14)11-17-12-6-3-4-7-12/h5,8,10,12-13,15H,2-4,6-7,9,11H2,1H3. The molecule has 0 spiro atoms. The van der Waals surface area contributed by atoms with Crippen LogP contribution < -0.4 is 5.32 Å². The van der Waals surface area contributed by atoms with Crippen LogP contribution in [0.1, 0.15) is 49.9 Å². The average molecular weight is 269 g/mol. The molecular formula is C14H23NS2. The Kier molecular flexibility index (Phi) is 5.89. The topological polar surface area (TPSA) is 12.0 Å². The second-order valence-corrected chi connectivity index (χ2v) is 7.07. The molecule has 0 amide bonds. The number of rotatable bonds is 7. The summed E-state index contributed by atoms with van der Waals surface area (Å²) in [7, 11) is 0. The summed E-state index contributed by atoms with van der Waals surface area (Å²) >= 11 is 4.07. The van der Waals surface area contributed by atoms with Crippen LogP contribution in [0.2, 0.25) is 0 Å². The van der Waals surface area contributed by atoms with Gasteiger partial charge >= 0.3 is 0 Å². The van der Waals surface area contributed by atoms with Crippen molar-refractivity contribution < 1.29 is 0 Å². The van der Waals surface area contributed by atoms with Gasteiger partial charge in [-0.2, -0.15) is 11.8 Å². The van der Waals surface area contributed by atoms with Gasteiger partial charge in [-0.15, -0.1) is 11.3 Å². The highest BCUT2D eigenvalue weighted by Gasteiger charge is 2.18. The van der Waals surface area contributed by atoms with Crippen LogP contribution >= 0.6 is 23.1 Å². The van der Waals surface area contributed by atoms with Gasteiger partial charge < -0.3 is 5.32 Å². The molecule has 1 fully saturated rings.